The number of nitro groups is 1. The molecule has 0 fully saturated rings. The zero-order valence-corrected chi connectivity index (χ0v) is 11.5. The minimum Gasteiger partial charge on any atom is -0.495 e. The highest BCUT2D eigenvalue weighted by atomic mass is 16.6. The number of nitro benzene ring substituents is 1. The molecule has 0 aliphatic rings. The van der Waals surface area contributed by atoms with Gasteiger partial charge in [-0.1, -0.05) is 12.1 Å². The summed E-state index contributed by atoms with van der Waals surface area (Å²) < 4.78 is 5.21. The fraction of sp³-hybridized carbons (Fsp3) is 0.200. The second-order valence-corrected chi connectivity index (χ2v) is 4.45. The number of nitrogens with zero attached hydrogens (tertiary/aromatic N) is 1. The molecule has 6 nitrogen and oxygen atoms in total. The van der Waals surface area contributed by atoms with Crippen LogP contribution < -0.4 is 10.1 Å². The van der Waals surface area contributed by atoms with E-state index in [9.17, 15) is 15.2 Å². The molecule has 21 heavy (non-hydrogen) atoms. The lowest BCUT2D eigenvalue weighted by molar-refractivity contribution is -0.384. The number of hydrogen-bond acceptors (Lipinski definition) is 5. The Morgan fingerprint density at radius 2 is 1.90 bits per heavy atom. The predicted octanol–water partition coefficient (Wildman–Crippen LogP) is 2.75. The van der Waals surface area contributed by atoms with Crippen molar-refractivity contribution >= 4 is 11.4 Å². The topological polar surface area (TPSA) is 84.6 Å². The molecule has 0 heterocycles. The van der Waals surface area contributed by atoms with Crippen molar-refractivity contribution in [1.82, 2.24) is 0 Å². The lowest BCUT2D eigenvalue weighted by Crippen LogP contribution is -2.12. The second kappa shape index (κ2) is 6.71. The Bertz CT molecular complexity index is 613. The van der Waals surface area contributed by atoms with Gasteiger partial charge in [-0.2, -0.15) is 0 Å². The molecule has 0 amide bonds. The van der Waals surface area contributed by atoms with Gasteiger partial charge in [0.1, 0.15) is 5.75 Å². The first kappa shape index (κ1) is 14.8. The maximum absolute atomic E-state index is 10.6. The van der Waals surface area contributed by atoms with Crippen LogP contribution in [0.5, 0.6) is 5.75 Å². The maximum atomic E-state index is 10.6. The molecule has 0 spiro atoms. The van der Waals surface area contributed by atoms with E-state index in [4.69, 9.17) is 4.74 Å². The molecule has 110 valence electrons. The lowest BCUT2D eigenvalue weighted by Gasteiger charge is -2.15. The number of hydrogen-bond donors (Lipinski definition) is 2. The van der Waals surface area contributed by atoms with Crippen molar-refractivity contribution in [2.24, 2.45) is 0 Å². The summed E-state index contributed by atoms with van der Waals surface area (Å²) in [4.78, 5) is 10.1. The zero-order chi connectivity index (χ0) is 15.2. The molecular weight excluding hydrogens is 272 g/mol. The number of aliphatic hydroxyl groups is 1. The third-order valence-corrected chi connectivity index (χ3v) is 3.08. The summed E-state index contributed by atoms with van der Waals surface area (Å²) in [5, 5.41) is 23.8. The minimum absolute atomic E-state index is 0.00337. The Kier molecular flexibility index (Phi) is 4.73. The minimum atomic E-state index is -0.768. The first-order valence-electron chi connectivity index (χ1n) is 6.41. The third kappa shape index (κ3) is 3.70. The molecule has 2 N–H and O–H groups in total. The van der Waals surface area contributed by atoms with Gasteiger partial charge in [0.15, 0.2) is 0 Å². The van der Waals surface area contributed by atoms with Crippen LogP contribution >= 0.6 is 0 Å². The number of rotatable bonds is 6. The van der Waals surface area contributed by atoms with Gasteiger partial charge in [0.2, 0.25) is 0 Å². The summed E-state index contributed by atoms with van der Waals surface area (Å²) >= 11 is 0. The van der Waals surface area contributed by atoms with Gasteiger partial charge in [-0.15, -0.1) is 0 Å². The second-order valence-electron chi connectivity index (χ2n) is 4.45. The van der Waals surface area contributed by atoms with Crippen LogP contribution in [0.15, 0.2) is 48.5 Å². The summed E-state index contributed by atoms with van der Waals surface area (Å²) in [6.45, 7) is 0.276. The van der Waals surface area contributed by atoms with Gasteiger partial charge in [-0.05, 0) is 29.8 Å². The lowest BCUT2D eigenvalue weighted by atomic mass is 10.1. The van der Waals surface area contributed by atoms with E-state index in [1.165, 1.54) is 12.1 Å². The Morgan fingerprint density at radius 3 is 2.52 bits per heavy atom. The number of nitrogens with one attached hydrogen (secondary N) is 1. The summed E-state index contributed by atoms with van der Waals surface area (Å²) in [5.41, 5.74) is 1.40. The number of benzene rings is 2. The molecule has 0 aliphatic carbocycles. The molecule has 1 atom stereocenters. The zero-order valence-electron chi connectivity index (χ0n) is 11.5. The Hall–Kier alpha value is -2.60. The Balaban J connectivity index is 2.01. The molecule has 0 aromatic heterocycles. The molecule has 1 unspecified atom stereocenters. The molecule has 2 aromatic carbocycles. The first-order chi connectivity index (χ1) is 10.1. The fourth-order valence-electron chi connectivity index (χ4n) is 1.93. The average Bonchev–Trinajstić information content (AvgIpc) is 2.52. The Labute approximate surface area is 122 Å². The van der Waals surface area contributed by atoms with E-state index in [1.54, 1.807) is 19.2 Å². The first-order valence-corrected chi connectivity index (χ1v) is 6.41. The van der Waals surface area contributed by atoms with E-state index >= 15 is 0 Å². The van der Waals surface area contributed by atoms with Gasteiger partial charge in [0, 0.05) is 18.7 Å². The summed E-state index contributed by atoms with van der Waals surface area (Å²) in [6, 6.07) is 13.2. The largest absolute Gasteiger partial charge is 0.495 e. The number of para-hydroxylation sites is 2. The van der Waals surface area contributed by atoms with Gasteiger partial charge in [0.05, 0.1) is 23.8 Å². The van der Waals surface area contributed by atoms with Gasteiger partial charge in [-0.3, -0.25) is 10.1 Å². The monoisotopic (exact) mass is 288 g/mol. The molecule has 0 saturated heterocycles. The van der Waals surface area contributed by atoms with E-state index in [0.717, 1.165) is 5.69 Å². The van der Waals surface area contributed by atoms with Crippen LogP contribution in [0.2, 0.25) is 0 Å². The summed E-state index contributed by atoms with van der Waals surface area (Å²) in [6.07, 6.45) is -0.768. The highest BCUT2D eigenvalue weighted by Crippen LogP contribution is 2.24. The molecule has 0 aliphatic heterocycles. The van der Waals surface area contributed by atoms with Crippen molar-refractivity contribution in [1.29, 1.82) is 0 Å². The van der Waals surface area contributed by atoms with Crippen LogP contribution in [0.1, 0.15) is 11.7 Å². The quantitative estimate of drug-likeness (QED) is 0.630. The summed E-state index contributed by atoms with van der Waals surface area (Å²) in [7, 11) is 1.58. The molecular formula is C15H16N2O4. The van der Waals surface area contributed by atoms with Crippen molar-refractivity contribution < 1.29 is 14.8 Å². The number of aliphatic hydroxyl groups excluding tert-OH is 1. The molecule has 0 saturated carbocycles. The standard InChI is InChI=1S/C15H16N2O4/c1-21-15-5-3-2-4-13(15)16-10-14(18)11-6-8-12(9-7-11)17(19)20/h2-9,14,16,18H,10H2,1H3. The molecule has 0 bridgehead atoms. The summed E-state index contributed by atoms with van der Waals surface area (Å²) in [5.74, 6) is 0.688. The van der Waals surface area contributed by atoms with Crippen LogP contribution in [0, 0.1) is 10.1 Å². The van der Waals surface area contributed by atoms with Crippen molar-refractivity contribution in [3.8, 4) is 5.75 Å². The van der Waals surface area contributed by atoms with Crippen LogP contribution in [0.25, 0.3) is 0 Å². The van der Waals surface area contributed by atoms with Crippen LogP contribution in [-0.4, -0.2) is 23.7 Å². The average molecular weight is 288 g/mol. The molecule has 2 aromatic rings. The van der Waals surface area contributed by atoms with Gasteiger partial charge in [-0.25, -0.2) is 0 Å². The normalized spacial score (nSPS) is 11.7. The van der Waals surface area contributed by atoms with E-state index in [2.05, 4.69) is 5.32 Å². The van der Waals surface area contributed by atoms with Crippen LogP contribution in [-0.2, 0) is 0 Å². The SMILES string of the molecule is COc1ccccc1NCC(O)c1ccc([N+](=O)[O-])cc1. The highest BCUT2D eigenvalue weighted by molar-refractivity contribution is 5.56. The van der Waals surface area contributed by atoms with Crippen LogP contribution in [0.3, 0.4) is 0 Å². The molecule has 6 heteroatoms. The predicted molar refractivity (Wildman–Crippen MR) is 79.5 cm³/mol. The molecule has 2 rings (SSSR count). The van der Waals surface area contributed by atoms with Crippen molar-refractivity contribution in [3.05, 3.63) is 64.2 Å². The number of methoxy groups -OCH3 is 1. The Morgan fingerprint density at radius 1 is 1.24 bits per heavy atom. The van der Waals surface area contributed by atoms with Gasteiger partial charge < -0.3 is 15.2 Å². The van der Waals surface area contributed by atoms with Crippen molar-refractivity contribution in [2.75, 3.05) is 19.0 Å². The van der Waals surface area contributed by atoms with Crippen LogP contribution in [0.4, 0.5) is 11.4 Å². The van der Waals surface area contributed by atoms with Crippen molar-refractivity contribution in [3.63, 3.8) is 0 Å². The molecule has 0 radical (unpaired) electrons. The number of ether oxygens (including phenoxy) is 1. The number of non-ortho nitro benzene ring substituents is 1. The van der Waals surface area contributed by atoms with E-state index < -0.39 is 11.0 Å². The third-order valence-electron chi connectivity index (χ3n) is 3.08. The van der Waals surface area contributed by atoms with E-state index in [-0.39, 0.29) is 12.2 Å². The maximum Gasteiger partial charge on any atom is 0.269 e. The van der Waals surface area contributed by atoms with E-state index in [0.29, 0.717) is 11.3 Å². The van der Waals surface area contributed by atoms with E-state index in [1.807, 2.05) is 24.3 Å². The van der Waals surface area contributed by atoms with Gasteiger partial charge in [0.25, 0.3) is 5.69 Å². The number of anilines is 1. The van der Waals surface area contributed by atoms with Crippen molar-refractivity contribution in [2.45, 2.75) is 6.10 Å². The smallest absolute Gasteiger partial charge is 0.269 e. The van der Waals surface area contributed by atoms with Gasteiger partial charge >= 0.3 is 0 Å². The fourth-order valence-corrected chi connectivity index (χ4v) is 1.93. The highest BCUT2D eigenvalue weighted by Gasteiger charge is 2.11.